The molecule has 0 amide bonds. The van der Waals surface area contributed by atoms with Gasteiger partial charge in [0.15, 0.2) is 0 Å². The van der Waals surface area contributed by atoms with Gasteiger partial charge in [0.25, 0.3) is 0 Å². The number of fused-ring (bicyclic) bond motifs is 1. The molecule has 1 N–H and O–H groups in total. The Hall–Kier alpha value is -3.34. The molecule has 0 fully saturated rings. The number of aromatic nitrogens is 3. The molecule has 1 aromatic heterocycles. The lowest BCUT2D eigenvalue weighted by molar-refractivity contribution is 0.304. The zero-order valence-electron chi connectivity index (χ0n) is 12.8. The third-order valence-corrected chi connectivity index (χ3v) is 3.70. The first-order chi connectivity index (χ1) is 11.8. The van der Waals surface area contributed by atoms with Crippen LogP contribution >= 0.6 is 0 Å². The quantitative estimate of drug-likeness (QED) is 0.623. The predicted molar refractivity (Wildman–Crippen MR) is 91.3 cm³/mol. The van der Waals surface area contributed by atoms with Crippen molar-refractivity contribution in [3.8, 4) is 17.2 Å². The smallest absolute Gasteiger partial charge is 0.146 e. The molecule has 5 heteroatoms. The summed E-state index contributed by atoms with van der Waals surface area (Å²) in [5.74, 6) is 0.665. The standard InChI is InChI=1S/C19H15N3O2/c23-19-12-15(24-13-14-6-2-1-3-7-14)10-11-18(19)22-20-16-8-4-5-9-17(16)21-22/h1-12,23H,13H2. The molecular weight excluding hydrogens is 302 g/mol. The van der Waals surface area contributed by atoms with Gasteiger partial charge in [-0.3, -0.25) is 0 Å². The Bertz CT molecular complexity index is 947. The van der Waals surface area contributed by atoms with E-state index in [4.69, 9.17) is 4.74 Å². The van der Waals surface area contributed by atoms with Crippen molar-refractivity contribution in [3.63, 3.8) is 0 Å². The van der Waals surface area contributed by atoms with E-state index in [1.165, 1.54) is 4.80 Å². The predicted octanol–water partition coefficient (Wildman–Crippen LogP) is 3.71. The van der Waals surface area contributed by atoms with Crippen LogP contribution in [-0.2, 0) is 6.61 Å². The Kier molecular flexibility index (Phi) is 3.59. The average molecular weight is 317 g/mol. The Labute approximate surface area is 138 Å². The minimum atomic E-state index is 0.0702. The van der Waals surface area contributed by atoms with Crippen LogP contribution in [-0.4, -0.2) is 20.1 Å². The number of hydrogen-bond acceptors (Lipinski definition) is 4. The molecule has 5 nitrogen and oxygen atoms in total. The number of nitrogens with zero attached hydrogens (tertiary/aromatic N) is 3. The molecular formula is C19H15N3O2. The topological polar surface area (TPSA) is 60.2 Å². The van der Waals surface area contributed by atoms with E-state index in [2.05, 4.69) is 10.2 Å². The molecule has 0 bridgehead atoms. The van der Waals surface area contributed by atoms with E-state index in [0.29, 0.717) is 18.0 Å². The third kappa shape index (κ3) is 2.79. The molecule has 0 radical (unpaired) electrons. The summed E-state index contributed by atoms with van der Waals surface area (Å²) >= 11 is 0. The van der Waals surface area contributed by atoms with E-state index in [1.54, 1.807) is 18.2 Å². The zero-order chi connectivity index (χ0) is 16.4. The average Bonchev–Trinajstić information content (AvgIpc) is 3.04. The van der Waals surface area contributed by atoms with E-state index in [0.717, 1.165) is 16.6 Å². The molecule has 3 aromatic carbocycles. The van der Waals surface area contributed by atoms with E-state index in [9.17, 15) is 5.11 Å². The molecule has 0 aliphatic rings. The summed E-state index contributed by atoms with van der Waals surface area (Å²) in [7, 11) is 0. The van der Waals surface area contributed by atoms with Crippen LogP contribution in [0.2, 0.25) is 0 Å². The van der Waals surface area contributed by atoms with Crippen LogP contribution in [0.5, 0.6) is 11.5 Å². The van der Waals surface area contributed by atoms with Crippen LogP contribution in [0.15, 0.2) is 72.8 Å². The van der Waals surface area contributed by atoms with E-state index in [1.807, 2.05) is 54.6 Å². The maximum atomic E-state index is 10.3. The fraction of sp³-hybridized carbons (Fsp3) is 0.0526. The van der Waals surface area contributed by atoms with Crippen LogP contribution in [0.3, 0.4) is 0 Å². The van der Waals surface area contributed by atoms with Gasteiger partial charge in [-0.15, -0.1) is 15.0 Å². The molecule has 0 atom stereocenters. The Morgan fingerprint density at radius 2 is 1.50 bits per heavy atom. The minimum Gasteiger partial charge on any atom is -0.505 e. The summed E-state index contributed by atoms with van der Waals surface area (Å²) in [5.41, 5.74) is 3.14. The lowest BCUT2D eigenvalue weighted by Gasteiger charge is -2.08. The molecule has 24 heavy (non-hydrogen) atoms. The normalized spacial score (nSPS) is 10.8. The summed E-state index contributed by atoms with van der Waals surface area (Å²) in [5, 5.41) is 19.0. The van der Waals surface area contributed by atoms with Crippen molar-refractivity contribution in [2.75, 3.05) is 0 Å². The van der Waals surface area contributed by atoms with Crippen molar-refractivity contribution < 1.29 is 9.84 Å². The highest BCUT2D eigenvalue weighted by Gasteiger charge is 2.09. The van der Waals surface area contributed by atoms with Gasteiger partial charge in [-0.05, 0) is 29.8 Å². The molecule has 118 valence electrons. The van der Waals surface area contributed by atoms with Gasteiger partial charge < -0.3 is 9.84 Å². The van der Waals surface area contributed by atoms with E-state index < -0.39 is 0 Å². The van der Waals surface area contributed by atoms with Crippen molar-refractivity contribution in [1.29, 1.82) is 0 Å². The lowest BCUT2D eigenvalue weighted by Crippen LogP contribution is -2.00. The van der Waals surface area contributed by atoms with Gasteiger partial charge in [-0.2, -0.15) is 0 Å². The number of aromatic hydroxyl groups is 1. The fourth-order valence-corrected chi connectivity index (χ4v) is 2.47. The van der Waals surface area contributed by atoms with Gasteiger partial charge in [-0.1, -0.05) is 42.5 Å². The van der Waals surface area contributed by atoms with Gasteiger partial charge in [0.05, 0.1) is 0 Å². The molecule has 4 rings (SSSR count). The fourth-order valence-electron chi connectivity index (χ4n) is 2.47. The molecule has 0 spiro atoms. The number of ether oxygens (including phenoxy) is 1. The highest BCUT2D eigenvalue weighted by atomic mass is 16.5. The van der Waals surface area contributed by atoms with Gasteiger partial charge in [0.1, 0.15) is 34.8 Å². The third-order valence-electron chi connectivity index (χ3n) is 3.70. The monoisotopic (exact) mass is 317 g/mol. The maximum absolute atomic E-state index is 10.3. The van der Waals surface area contributed by atoms with Crippen molar-refractivity contribution >= 4 is 11.0 Å². The van der Waals surface area contributed by atoms with Gasteiger partial charge in [0, 0.05) is 6.07 Å². The second-order valence-electron chi connectivity index (χ2n) is 5.40. The summed E-state index contributed by atoms with van der Waals surface area (Å²) in [6.07, 6.45) is 0. The number of benzene rings is 3. The summed E-state index contributed by atoms with van der Waals surface area (Å²) in [4.78, 5) is 1.43. The van der Waals surface area contributed by atoms with E-state index in [-0.39, 0.29) is 5.75 Å². The van der Waals surface area contributed by atoms with E-state index >= 15 is 0 Å². The van der Waals surface area contributed by atoms with Crippen molar-refractivity contribution in [2.24, 2.45) is 0 Å². The zero-order valence-corrected chi connectivity index (χ0v) is 12.8. The van der Waals surface area contributed by atoms with Crippen LogP contribution < -0.4 is 4.74 Å². The van der Waals surface area contributed by atoms with Crippen molar-refractivity contribution in [3.05, 3.63) is 78.4 Å². The van der Waals surface area contributed by atoms with Crippen LogP contribution in [0, 0.1) is 0 Å². The molecule has 4 aromatic rings. The minimum absolute atomic E-state index is 0.0702. The summed E-state index contributed by atoms with van der Waals surface area (Å²) in [6, 6.07) is 22.6. The summed E-state index contributed by atoms with van der Waals surface area (Å²) in [6.45, 7) is 0.448. The Morgan fingerprint density at radius 1 is 0.833 bits per heavy atom. The summed E-state index contributed by atoms with van der Waals surface area (Å²) < 4.78 is 5.71. The largest absolute Gasteiger partial charge is 0.505 e. The van der Waals surface area contributed by atoms with Crippen molar-refractivity contribution in [2.45, 2.75) is 6.61 Å². The van der Waals surface area contributed by atoms with Crippen molar-refractivity contribution in [1.82, 2.24) is 15.0 Å². The molecule has 0 saturated carbocycles. The maximum Gasteiger partial charge on any atom is 0.146 e. The Balaban J connectivity index is 1.57. The van der Waals surface area contributed by atoms with Gasteiger partial charge >= 0.3 is 0 Å². The highest BCUT2D eigenvalue weighted by molar-refractivity contribution is 5.73. The second-order valence-corrected chi connectivity index (χ2v) is 5.40. The first-order valence-electron chi connectivity index (χ1n) is 7.62. The van der Waals surface area contributed by atoms with Gasteiger partial charge in [0.2, 0.25) is 0 Å². The Morgan fingerprint density at radius 3 is 2.17 bits per heavy atom. The number of hydrogen-bond donors (Lipinski definition) is 1. The number of phenols is 1. The second kappa shape index (κ2) is 6.04. The molecule has 1 heterocycles. The SMILES string of the molecule is Oc1cc(OCc2ccccc2)ccc1-n1nc2ccccc2n1. The first kappa shape index (κ1) is 14.3. The number of rotatable bonds is 4. The van der Waals surface area contributed by atoms with Crippen LogP contribution in [0.4, 0.5) is 0 Å². The van der Waals surface area contributed by atoms with Crippen LogP contribution in [0.25, 0.3) is 16.7 Å². The highest BCUT2D eigenvalue weighted by Crippen LogP contribution is 2.27. The molecule has 0 aliphatic carbocycles. The van der Waals surface area contributed by atoms with Crippen LogP contribution in [0.1, 0.15) is 5.56 Å². The first-order valence-corrected chi connectivity index (χ1v) is 7.62. The lowest BCUT2D eigenvalue weighted by atomic mass is 10.2. The molecule has 0 unspecified atom stereocenters. The number of phenolic OH excluding ortho intramolecular Hbond substituents is 1. The molecule has 0 saturated heterocycles. The van der Waals surface area contributed by atoms with Gasteiger partial charge in [-0.25, -0.2) is 0 Å². The molecule has 0 aliphatic heterocycles.